The van der Waals surface area contributed by atoms with Gasteiger partial charge in [-0.05, 0) is 66.2 Å². The molecule has 0 spiro atoms. The summed E-state index contributed by atoms with van der Waals surface area (Å²) in [5, 5.41) is 6.75. The Balaban J connectivity index is 1.55. The largest absolute Gasteiger partial charge is 0.493 e. The molecule has 0 saturated carbocycles. The number of hydrazone groups is 1. The van der Waals surface area contributed by atoms with Crippen LogP contribution < -0.4 is 20.2 Å². The highest BCUT2D eigenvalue weighted by Gasteiger charge is 2.16. The normalized spacial score (nSPS) is 10.6. The van der Waals surface area contributed by atoms with Crippen LogP contribution in [0, 0.1) is 5.82 Å². The molecule has 0 radical (unpaired) electrons. The van der Waals surface area contributed by atoms with Crippen LogP contribution in [0.5, 0.6) is 11.5 Å². The lowest BCUT2D eigenvalue weighted by atomic mass is 10.2. The van der Waals surface area contributed by atoms with Crippen LogP contribution in [0.15, 0.2) is 65.8 Å². The average Bonchev–Trinajstić information content (AvgIpc) is 2.83. The van der Waals surface area contributed by atoms with E-state index in [4.69, 9.17) is 32.7 Å². The van der Waals surface area contributed by atoms with Crippen molar-refractivity contribution in [2.24, 2.45) is 5.10 Å². The van der Waals surface area contributed by atoms with Crippen molar-refractivity contribution in [3.8, 4) is 11.5 Å². The highest BCUT2D eigenvalue weighted by Crippen LogP contribution is 2.29. The minimum absolute atomic E-state index is 0.137. The second-order valence-electron chi connectivity index (χ2n) is 6.91. The van der Waals surface area contributed by atoms with Crippen LogP contribution in [0.4, 0.5) is 4.39 Å². The number of nitrogens with one attached hydrogen (secondary N) is 2. The summed E-state index contributed by atoms with van der Waals surface area (Å²) in [4.78, 5) is 36.3. The van der Waals surface area contributed by atoms with Crippen LogP contribution in [0.1, 0.15) is 26.3 Å². The number of nitrogens with zero attached hydrogens (tertiary/aromatic N) is 1. The highest BCUT2D eigenvalue weighted by atomic mass is 35.5. The van der Waals surface area contributed by atoms with E-state index in [0.29, 0.717) is 10.6 Å². The number of rotatable bonds is 8. The van der Waals surface area contributed by atoms with Gasteiger partial charge in [-0.3, -0.25) is 9.59 Å². The number of hydrogen-bond donors (Lipinski definition) is 2. The van der Waals surface area contributed by atoms with Gasteiger partial charge in [0.05, 0.1) is 30.5 Å². The first-order valence-electron chi connectivity index (χ1n) is 9.97. The summed E-state index contributed by atoms with van der Waals surface area (Å²) in [5.41, 5.74) is 3.15. The molecule has 0 saturated heterocycles. The molecule has 8 nitrogen and oxygen atoms in total. The van der Waals surface area contributed by atoms with E-state index in [2.05, 4.69) is 15.8 Å². The second kappa shape index (κ2) is 12.0. The van der Waals surface area contributed by atoms with E-state index in [1.807, 2.05) is 0 Å². The summed E-state index contributed by atoms with van der Waals surface area (Å²) in [6, 6.07) is 13.9. The molecule has 2 N–H and O–H groups in total. The van der Waals surface area contributed by atoms with Gasteiger partial charge in [0.25, 0.3) is 11.8 Å². The first kappa shape index (κ1) is 25.7. The van der Waals surface area contributed by atoms with Crippen molar-refractivity contribution in [2.45, 2.75) is 0 Å². The first-order valence-corrected chi connectivity index (χ1v) is 10.7. The van der Waals surface area contributed by atoms with Crippen LogP contribution in [-0.4, -0.2) is 37.7 Å². The lowest BCUT2D eigenvalue weighted by Gasteiger charge is -2.10. The number of ether oxygens (including phenoxy) is 2. The number of halogens is 3. The SMILES string of the molecule is COc1cc(/C=N\NC(=O)CNC(=O)c2ccc(F)cc2)ccc1OC(=O)c1ccc(Cl)cc1Cl. The van der Waals surface area contributed by atoms with Crippen LogP contribution in [0.2, 0.25) is 10.0 Å². The molecule has 180 valence electrons. The zero-order valence-corrected chi connectivity index (χ0v) is 19.7. The molecule has 3 rings (SSSR count). The number of amides is 2. The molecule has 0 aliphatic rings. The molecular formula is C24H18Cl2FN3O5. The fraction of sp³-hybridized carbons (Fsp3) is 0.0833. The van der Waals surface area contributed by atoms with Gasteiger partial charge in [-0.1, -0.05) is 23.2 Å². The van der Waals surface area contributed by atoms with Crippen LogP contribution in [0.25, 0.3) is 0 Å². The Morgan fingerprint density at radius 3 is 2.43 bits per heavy atom. The fourth-order valence-electron chi connectivity index (χ4n) is 2.74. The zero-order chi connectivity index (χ0) is 25.4. The van der Waals surface area contributed by atoms with Gasteiger partial charge in [0.15, 0.2) is 11.5 Å². The van der Waals surface area contributed by atoms with Crippen LogP contribution >= 0.6 is 23.2 Å². The van der Waals surface area contributed by atoms with Crippen molar-refractivity contribution < 1.29 is 28.2 Å². The van der Waals surface area contributed by atoms with E-state index in [1.165, 1.54) is 55.8 Å². The Bertz CT molecular complexity index is 1280. The van der Waals surface area contributed by atoms with E-state index in [9.17, 15) is 18.8 Å². The zero-order valence-electron chi connectivity index (χ0n) is 18.2. The molecule has 0 aromatic heterocycles. The second-order valence-corrected chi connectivity index (χ2v) is 7.75. The van der Waals surface area contributed by atoms with E-state index in [0.717, 1.165) is 12.1 Å². The summed E-state index contributed by atoms with van der Waals surface area (Å²) < 4.78 is 23.5. The number of hydrogen-bond acceptors (Lipinski definition) is 6. The van der Waals surface area contributed by atoms with Crippen LogP contribution in [0.3, 0.4) is 0 Å². The third-order valence-electron chi connectivity index (χ3n) is 4.46. The van der Waals surface area contributed by atoms with Crippen molar-refractivity contribution in [2.75, 3.05) is 13.7 Å². The van der Waals surface area contributed by atoms with Crippen molar-refractivity contribution in [3.63, 3.8) is 0 Å². The average molecular weight is 518 g/mol. The first-order chi connectivity index (χ1) is 16.8. The van der Waals surface area contributed by atoms with E-state index in [-0.39, 0.29) is 34.2 Å². The molecule has 0 atom stereocenters. The number of benzene rings is 3. The van der Waals surface area contributed by atoms with Crippen molar-refractivity contribution in [1.29, 1.82) is 0 Å². The maximum Gasteiger partial charge on any atom is 0.345 e. The summed E-state index contributed by atoms with van der Waals surface area (Å²) in [6.45, 7) is -0.334. The van der Waals surface area contributed by atoms with Gasteiger partial charge in [-0.15, -0.1) is 0 Å². The predicted molar refractivity (Wildman–Crippen MR) is 129 cm³/mol. The molecule has 0 heterocycles. The fourth-order valence-corrected chi connectivity index (χ4v) is 3.23. The molecule has 2 amide bonds. The molecule has 3 aromatic carbocycles. The van der Waals surface area contributed by atoms with Crippen molar-refractivity contribution in [1.82, 2.24) is 10.7 Å². The van der Waals surface area contributed by atoms with E-state index in [1.54, 1.807) is 6.07 Å². The Morgan fingerprint density at radius 2 is 1.74 bits per heavy atom. The predicted octanol–water partition coefficient (Wildman–Crippen LogP) is 4.24. The third-order valence-corrected chi connectivity index (χ3v) is 5.01. The summed E-state index contributed by atoms with van der Waals surface area (Å²) in [6.07, 6.45) is 1.34. The van der Waals surface area contributed by atoms with E-state index >= 15 is 0 Å². The van der Waals surface area contributed by atoms with Gasteiger partial charge >= 0.3 is 5.97 Å². The summed E-state index contributed by atoms with van der Waals surface area (Å²) in [5.74, 6) is -1.88. The lowest BCUT2D eigenvalue weighted by molar-refractivity contribution is -0.120. The third kappa shape index (κ3) is 7.26. The molecule has 0 unspecified atom stereocenters. The Hall–Kier alpha value is -3.95. The molecule has 0 aliphatic carbocycles. The van der Waals surface area contributed by atoms with Gasteiger partial charge in [0.1, 0.15) is 5.82 Å². The van der Waals surface area contributed by atoms with Crippen molar-refractivity contribution >= 4 is 47.2 Å². The van der Waals surface area contributed by atoms with Gasteiger partial charge in [0.2, 0.25) is 0 Å². The summed E-state index contributed by atoms with van der Waals surface area (Å²) >= 11 is 11.9. The minimum Gasteiger partial charge on any atom is -0.493 e. The standard InChI is InChI=1S/C24H18Cl2FN3O5/c1-34-21-10-14(2-9-20(21)35-24(33)18-8-5-16(25)11-19(18)26)12-29-30-22(31)13-28-23(32)15-3-6-17(27)7-4-15/h2-12H,13H2,1H3,(H,28,32)(H,30,31)/b29-12-. The monoisotopic (exact) mass is 517 g/mol. The maximum atomic E-state index is 12.9. The molecule has 3 aromatic rings. The number of carbonyl (C=O) groups excluding carboxylic acids is 3. The summed E-state index contributed by atoms with van der Waals surface area (Å²) in [7, 11) is 1.40. The van der Waals surface area contributed by atoms with Crippen molar-refractivity contribution in [3.05, 3.63) is 93.2 Å². The molecule has 0 bridgehead atoms. The lowest BCUT2D eigenvalue weighted by Crippen LogP contribution is -2.34. The number of carbonyl (C=O) groups is 3. The van der Waals surface area contributed by atoms with E-state index < -0.39 is 23.6 Å². The number of methoxy groups -OCH3 is 1. The van der Waals surface area contributed by atoms with Gasteiger partial charge in [-0.25, -0.2) is 14.6 Å². The molecule has 0 fully saturated rings. The Morgan fingerprint density at radius 1 is 1.00 bits per heavy atom. The minimum atomic E-state index is -0.693. The topological polar surface area (TPSA) is 106 Å². The van der Waals surface area contributed by atoms with Crippen LogP contribution in [-0.2, 0) is 4.79 Å². The number of esters is 1. The highest BCUT2D eigenvalue weighted by molar-refractivity contribution is 6.36. The Kier molecular flexibility index (Phi) is 8.77. The maximum absolute atomic E-state index is 12.9. The molecule has 11 heteroatoms. The Labute approximate surface area is 209 Å². The quantitative estimate of drug-likeness (QED) is 0.201. The van der Waals surface area contributed by atoms with Gasteiger partial charge in [-0.2, -0.15) is 5.10 Å². The smallest absolute Gasteiger partial charge is 0.345 e. The molecule has 0 aliphatic heterocycles. The van der Waals surface area contributed by atoms with Gasteiger partial charge in [0, 0.05) is 10.6 Å². The molecular weight excluding hydrogens is 500 g/mol. The molecule has 35 heavy (non-hydrogen) atoms. The van der Waals surface area contributed by atoms with Gasteiger partial charge < -0.3 is 14.8 Å².